The molecule has 1 aromatic rings. The van der Waals surface area contributed by atoms with Crippen LogP contribution < -0.4 is 5.32 Å². The molecule has 0 bridgehead atoms. The quantitative estimate of drug-likeness (QED) is 0.898. The first-order valence-corrected chi connectivity index (χ1v) is 8.35. The van der Waals surface area contributed by atoms with E-state index in [1.165, 1.54) is 0 Å². The molecule has 2 aliphatic heterocycles. The predicted octanol–water partition coefficient (Wildman–Crippen LogP) is 2.41. The van der Waals surface area contributed by atoms with Crippen LogP contribution >= 0.6 is 0 Å². The Hall–Kier alpha value is -1.88. The minimum atomic E-state index is -0.895. The number of nitrogens with zero attached hydrogens (tertiary/aromatic N) is 1. The molecule has 0 aliphatic carbocycles. The van der Waals surface area contributed by atoms with Crippen LogP contribution in [0, 0.1) is 0 Å². The fourth-order valence-corrected chi connectivity index (χ4v) is 4.04. The van der Waals surface area contributed by atoms with E-state index in [9.17, 15) is 9.59 Å². The summed E-state index contributed by atoms with van der Waals surface area (Å²) >= 11 is 0. The van der Waals surface area contributed by atoms with Crippen molar-refractivity contribution in [3.8, 4) is 0 Å². The van der Waals surface area contributed by atoms with E-state index < -0.39 is 5.97 Å². The molecule has 0 aromatic heterocycles. The number of carbonyl (C=O) groups excluding carboxylic acids is 1. The van der Waals surface area contributed by atoms with Crippen LogP contribution in [0.15, 0.2) is 24.3 Å². The SMILES string of the molecule is C[C@]12CCCN(Cc3ccc(C(=O)O)cc3)[C@H]1CCCC(=O)N2. The van der Waals surface area contributed by atoms with Gasteiger partial charge in [0, 0.05) is 19.0 Å². The fourth-order valence-electron chi connectivity index (χ4n) is 4.04. The van der Waals surface area contributed by atoms with E-state index in [2.05, 4.69) is 17.1 Å². The van der Waals surface area contributed by atoms with Crippen molar-refractivity contribution in [2.24, 2.45) is 0 Å². The topological polar surface area (TPSA) is 69.6 Å². The first-order valence-electron chi connectivity index (χ1n) is 8.35. The monoisotopic (exact) mass is 316 g/mol. The van der Waals surface area contributed by atoms with Crippen LogP contribution in [0.3, 0.4) is 0 Å². The van der Waals surface area contributed by atoms with E-state index in [0.717, 1.165) is 44.3 Å². The second-order valence-corrected chi connectivity index (χ2v) is 6.95. The summed E-state index contributed by atoms with van der Waals surface area (Å²) in [5.74, 6) is -0.726. The number of hydrogen-bond acceptors (Lipinski definition) is 3. The molecule has 1 amide bonds. The number of piperidine rings is 1. The second kappa shape index (κ2) is 6.32. The number of carboxylic acid groups (broad SMARTS) is 1. The lowest BCUT2D eigenvalue weighted by atomic mass is 9.81. The average Bonchev–Trinajstić information content (AvgIpc) is 2.65. The zero-order chi connectivity index (χ0) is 16.4. The van der Waals surface area contributed by atoms with Crippen LogP contribution in [0.2, 0.25) is 0 Å². The van der Waals surface area contributed by atoms with Crippen LogP contribution in [0.25, 0.3) is 0 Å². The van der Waals surface area contributed by atoms with Gasteiger partial charge in [0.1, 0.15) is 0 Å². The Morgan fingerprint density at radius 2 is 2.09 bits per heavy atom. The number of nitrogens with one attached hydrogen (secondary N) is 1. The number of amides is 1. The van der Waals surface area contributed by atoms with Gasteiger partial charge in [-0.05, 0) is 56.8 Å². The Morgan fingerprint density at radius 1 is 1.35 bits per heavy atom. The zero-order valence-corrected chi connectivity index (χ0v) is 13.5. The van der Waals surface area contributed by atoms with Gasteiger partial charge in [0.05, 0.1) is 11.1 Å². The van der Waals surface area contributed by atoms with Gasteiger partial charge in [0.15, 0.2) is 0 Å². The standard InChI is InChI=1S/C18H24N2O3/c1-18-10-3-11-20(15(18)4-2-5-16(21)19-18)12-13-6-8-14(9-7-13)17(22)23/h6-9,15H,2-5,10-12H2,1H3,(H,19,21)(H,22,23)/t15-,18-/m0/s1. The molecule has 2 atom stereocenters. The van der Waals surface area contributed by atoms with E-state index in [4.69, 9.17) is 5.11 Å². The van der Waals surface area contributed by atoms with Gasteiger partial charge >= 0.3 is 5.97 Å². The predicted molar refractivity (Wildman–Crippen MR) is 87.2 cm³/mol. The smallest absolute Gasteiger partial charge is 0.335 e. The number of hydrogen-bond donors (Lipinski definition) is 2. The summed E-state index contributed by atoms with van der Waals surface area (Å²) in [6.07, 6.45) is 4.68. The van der Waals surface area contributed by atoms with E-state index in [1.54, 1.807) is 12.1 Å². The average molecular weight is 316 g/mol. The highest BCUT2D eigenvalue weighted by atomic mass is 16.4. The number of benzene rings is 1. The van der Waals surface area contributed by atoms with Gasteiger partial charge < -0.3 is 10.4 Å². The molecule has 0 radical (unpaired) electrons. The van der Waals surface area contributed by atoms with E-state index in [-0.39, 0.29) is 11.4 Å². The summed E-state index contributed by atoms with van der Waals surface area (Å²) in [6, 6.07) is 7.46. The Morgan fingerprint density at radius 3 is 2.78 bits per heavy atom. The van der Waals surface area contributed by atoms with Gasteiger partial charge in [-0.2, -0.15) is 0 Å². The Labute approximate surface area is 136 Å². The first kappa shape index (κ1) is 16.0. The number of fused-ring (bicyclic) bond motifs is 1. The minimum absolute atomic E-state index is 0.146. The largest absolute Gasteiger partial charge is 0.478 e. The van der Waals surface area contributed by atoms with Crippen molar-refractivity contribution < 1.29 is 14.7 Å². The van der Waals surface area contributed by atoms with Crippen molar-refractivity contribution >= 4 is 11.9 Å². The number of rotatable bonds is 3. The fraction of sp³-hybridized carbons (Fsp3) is 0.556. The van der Waals surface area contributed by atoms with Crippen LogP contribution in [-0.2, 0) is 11.3 Å². The third-order valence-corrected chi connectivity index (χ3v) is 5.21. The molecule has 23 heavy (non-hydrogen) atoms. The highest BCUT2D eigenvalue weighted by Crippen LogP contribution is 2.34. The Balaban J connectivity index is 1.76. The Kier molecular flexibility index (Phi) is 4.39. The number of carbonyl (C=O) groups is 2. The van der Waals surface area contributed by atoms with Crippen LogP contribution in [0.4, 0.5) is 0 Å². The summed E-state index contributed by atoms with van der Waals surface area (Å²) in [5, 5.41) is 12.2. The molecule has 2 saturated heterocycles. The van der Waals surface area contributed by atoms with Crippen LogP contribution in [-0.4, -0.2) is 40.0 Å². The summed E-state index contributed by atoms with van der Waals surface area (Å²) < 4.78 is 0. The second-order valence-electron chi connectivity index (χ2n) is 6.95. The molecule has 0 spiro atoms. The van der Waals surface area contributed by atoms with E-state index in [1.807, 2.05) is 12.1 Å². The molecule has 0 unspecified atom stereocenters. The number of aromatic carboxylic acids is 1. The number of carboxylic acids is 1. The molecular weight excluding hydrogens is 292 g/mol. The van der Waals surface area contributed by atoms with Crippen molar-refractivity contribution in [2.45, 2.75) is 57.2 Å². The molecule has 5 heteroatoms. The van der Waals surface area contributed by atoms with Crippen molar-refractivity contribution in [1.82, 2.24) is 10.2 Å². The number of likely N-dealkylation sites (tertiary alicyclic amines) is 1. The van der Waals surface area contributed by atoms with E-state index >= 15 is 0 Å². The van der Waals surface area contributed by atoms with Crippen LogP contribution in [0.1, 0.15) is 54.9 Å². The molecule has 2 N–H and O–H groups in total. The molecule has 2 fully saturated rings. The van der Waals surface area contributed by atoms with Crippen molar-refractivity contribution in [3.05, 3.63) is 35.4 Å². The lowest BCUT2D eigenvalue weighted by Gasteiger charge is -2.48. The molecule has 2 heterocycles. The highest BCUT2D eigenvalue weighted by Gasteiger charge is 2.43. The van der Waals surface area contributed by atoms with Gasteiger partial charge in [-0.3, -0.25) is 9.69 Å². The maximum atomic E-state index is 11.9. The molecule has 3 rings (SSSR count). The molecule has 2 aliphatic rings. The van der Waals surface area contributed by atoms with Gasteiger partial charge in [-0.15, -0.1) is 0 Å². The minimum Gasteiger partial charge on any atom is -0.478 e. The maximum Gasteiger partial charge on any atom is 0.335 e. The summed E-state index contributed by atoms with van der Waals surface area (Å²) in [6.45, 7) is 3.99. The summed E-state index contributed by atoms with van der Waals surface area (Å²) in [5.41, 5.74) is 1.29. The molecule has 0 saturated carbocycles. The first-order chi connectivity index (χ1) is 11.0. The van der Waals surface area contributed by atoms with Crippen molar-refractivity contribution in [2.75, 3.05) is 6.54 Å². The zero-order valence-electron chi connectivity index (χ0n) is 13.5. The van der Waals surface area contributed by atoms with Crippen LogP contribution in [0.5, 0.6) is 0 Å². The summed E-state index contributed by atoms with van der Waals surface area (Å²) in [7, 11) is 0. The Bertz CT molecular complexity index is 599. The van der Waals surface area contributed by atoms with Gasteiger partial charge in [-0.25, -0.2) is 4.79 Å². The normalized spacial score (nSPS) is 28.6. The molecule has 1 aromatic carbocycles. The molecule has 5 nitrogen and oxygen atoms in total. The van der Waals surface area contributed by atoms with Gasteiger partial charge in [-0.1, -0.05) is 12.1 Å². The lowest BCUT2D eigenvalue weighted by molar-refractivity contribution is -0.123. The highest BCUT2D eigenvalue weighted by molar-refractivity contribution is 5.87. The molecular formula is C18H24N2O3. The third kappa shape index (κ3) is 3.39. The van der Waals surface area contributed by atoms with Crippen molar-refractivity contribution in [1.29, 1.82) is 0 Å². The van der Waals surface area contributed by atoms with Gasteiger partial charge in [0.25, 0.3) is 0 Å². The molecule has 124 valence electrons. The van der Waals surface area contributed by atoms with Gasteiger partial charge in [0.2, 0.25) is 5.91 Å². The van der Waals surface area contributed by atoms with Crippen molar-refractivity contribution in [3.63, 3.8) is 0 Å². The summed E-state index contributed by atoms with van der Waals surface area (Å²) in [4.78, 5) is 25.3. The van der Waals surface area contributed by atoms with E-state index in [0.29, 0.717) is 18.0 Å². The third-order valence-electron chi connectivity index (χ3n) is 5.21. The lowest BCUT2D eigenvalue weighted by Crippen LogP contribution is -2.62. The maximum absolute atomic E-state index is 11.9.